The maximum absolute atomic E-state index is 12.1. The molecule has 0 radical (unpaired) electrons. The van der Waals surface area contributed by atoms with Gasteiger partial charge in [-0.3, -0.25) is 4.79 Å². The van der Waals surface area contributed by atoms with Crippen LogP contribution in [0.2, 0.25) is 5.02 Å². The molecule has 2 rings (SSSR count). The summed E-state index contributed by atoms with van der Waals surface area (Å²) in [6.45, 7) is 4.16. The Morgan fingerprint density at radius 2 is 1.60 bits per heavy atom. The number of halogens is 1. The largest absolute Gasteiger partial charge is 0.473 e. The lowest BCUT2D eigenvalue weighted by atomic mass is 10.1. The van der Waals surface area contributed by atoms with E-state index in [0.717, 1.165) is 18.7 Å². The number of carbonyl (C=O) groups excluding carboxylic acids is 1. The molecule has 0 saturated carbocycles. The van der Waals surface area contributed by atoms with Crippen LogP contribution in [0, 0.1) is 0 Å². The molecule has 2 N–H and O–H groups in total. The van der Waals surface area contributed by atoms with E-state index < -0.39 is 11.9 Å². The highest BCUT2D eigenvalue weighted by atomic mass is 35.5. The van der Waals surface area contributed by atoms with Gasteiger partial charge in [0.2, 0.25) is 5.91 Å². The molecule has 7 nitrogen and oxygen atoms in total. The van der Waals surface area contributed by atoms with Crippen molar-refractivity contribution in [3.63, 3.8) is 0 Å². The summed E-state index contributed by atoms with van der Waals surface area (Å²) in [5, 5.41) is 15.5. The Bertz CT molecular complexity index is 573. The van der Waals surface area contributed by atoms with Gasteiger partial charge in [0.05, 0.1) is 6.42 Å². The van der Waals surface area contributed by atoms with Gasteiger partial charge < -0.3 is 20.0 Å². The third kappa shape index (κ3) is 8.51. The second kappa shape index (κ2) is 10.7. The lowest BCUT2D eigenvalue weighted by Gasteiger charge is -2.21. The Labute approximate surface area is 151 Å². The summed E-state index contributed by atoms with van der Waals surface area (Å²) in [5.74, 6) is -3.48. The number of amides is 1. The fourth-order valence-corrected chi connectivity index (χ4v) is 2.46. The van der Waals surface area contributed by atoms with Crippen LogP contribution >= 0.6 is 11.6 Å². The van der Waals surface area contributed by atoms with Gasteiger partial charge in [0.15, 0.2) is 0 Å². The van der Waals surface area contributed by atoms with Gasteiger partial charge in [-0.05, 0) is 43.6 Å². The number of hydrogen-bond acceptors (Lipinski definition) is 4. The predicted molar refractivity (Wildman–Crippen MR) is 93.7 cm³/mol. The zero-order valence-electron chi connectivity index (χ0n) is 14.2. The molecule has 138 valence electrons. The Hall–Kier alpha value is -2.12. The summed E-state index contributed by atoms with van der Waals surface area (Å²) in [4.78, 5) is 34.5. The Morgan fingerprint density at radius 1 is 1.08 bits per heavy atom. The van der Waals surface area contributed by atoms with E-state index in [9.17, 15) is 4.79 Å². The Balaban J connectivity index is 0.000000450. The molecule has 1 aromatic carbocycles. The number of carboxylic acids is 2. The average molecular weight is 371 g/mol. The first-order valence-electron chi connectivity index (χ1n) is 7.96. The molecule has 1 fully saturated rings. The quantitative estimate of drug-likeness (QED) is 0.764. The molecule has 1 aliphatic heterocycles. The molecule has 1 aromatic rings. The van der Waals surface area contributed by atoms with E-state index in [4.69, 9.17) is 31.4 Å². The summed E-state index contributed by atoms with van der Waals surface area (Å²) in [6.07, 6.45) is 3.04. The summed E-state index contributed by atoms with van der Waals surface area (Å²) in [6, 6.07) is 7.48. The van der Waals surface area contributed by atoms with Crippen LogP contribution in [-0.2, 0) is 20.8 Å². The van der Waals surface area contributed by atoms with Crippen LogP contribution < -0.4 is 0 Å². The van der Waals surface area contributed by atoms with Crippen LogP contribution in [0.5, 0.6) is 0 Å². The van der Waals surface area contributed by atoms with Gasteiger partial charge in [0.25, 0.3) is 0 Å². The SMILES string of the molecule is CN(CCN1CCCC1)C(=O)Cc1ccc(Cl)cc1.O=C(O)C(=O)O. The van der Waals surface area contributed by atoms with Crippen molar-refractivity contribution in [1.82, 2.24) is 9.80 Å². The molecule has 0 atom stereocenters. The number of aliphatic carboxylic acids is 2. The zero-order valence-corrected chi connectivity index (χ0v) is 14.9. The minimum Gasteiger partial charge on any atom is -0.473 e. The average Bonchev–Trinajstić information content (AvgIpc) is 3.08. The zero-order chi connectivity index (χ0) is 18.8. The van der Waals surface area contributed by atoms with Crippen LogP contribution in [0.1, 0.15) is 18.4 Å². The molecule has 0 aliphatic carbocycles. The fraction of sp³-hybridized carbons (Fsp3) is 0.471. The normalized spacial score (nSPS) is 13.7. The molecule has 25 heavy (non-hydrogen) atoms. The molecule has 1 aliphatic rings. The Kier molecular flexibility index (Phi) is 8.94. The smallest absolute Gasteiger partial charge is 0.414 e. The third-order valence-corrected chi connectivity index (χ3v) is 4.08. The molecular formula is C17H23ClN2O5. The van der Waals surface area contributed by atoms with Crippen LogP contribution in [0.3, 0.4) is 0 Å². The third-order valence-electron chi connectivity index (χ3n) is 3.83. The number of benzene rings is 1. The van der Waals surface area contributed by atoms with Gasteiger partial charge in [0, 0.05) is 25.2 Å². The summed E-state index contributed by atoms with van der Waals surface area (Å²) >= 11 is 5.83. The minimum atomic E-state index is -1.82. The van der Waals surface area contributed by atoms with Gasteiger partial charge in [0.1, 0.15) is 0 Å². The fourth-order valence-electron chi connectivity index (χ4n) is 2.33. The molecule has 0 unspecified atom stereocenters. The minimum absolute atomic E-state index is 0.168. The summed E-state index contributed by atoms with van der Waals surface area (Å²) < 4.78 is 0. The van der Waals surface area contributed by atoms with E-state index in [-0.39, 0.29) is 5.91 Å². The lowest BCUT2D eigenvalue weighted by molar-refractivity contribution is -0.159. The number of hydrogen-bond donors (Lipinski definition) is 2. The van der Waals surface area contributed by atoms with Crippen molar-refractivity contribution in [2.75, 3.05) is 33.2 Å². The molecule has 1 saturated heterocycles. The molecule has 1 heterocycles. The van der Waals surface area contributed by atoms with Crippen molar-refractivity contribution in [2.45, 2.75) is 19.3 Å². The number of likely N-dealkylation sites (N-methyl/N-ethyl adjacent to an activating group) is 1. The highest BCUT2D eigenvalue weighted by molar-refractivity contribution is 6.30. The summed E-state index contributed by atoms with van der Waals surface area (Å²) in [5.41, 5.74) is 1.02. The van der Waals surface area contributed by atoms with Crippen molar-refractivity contribution < 1.29 is 24.6 Å². The highest BCUT2D eigenvalue weighted by Gasteiger charge is 2.14. The van der Waals surface area contributed by atoms with Crippen molar-refractivity contribution in [2.24, 2.45) is 0 Å². The van der Waals surface area contributed by atoms with Crippen molar-refractivity contribution in [1.29, 1.82) is 0 Å². The first-order valence-corrected chi connectivity index (χ1v) is 8.34. The maximum atomic E-state index is 12.1. The monoisotopic (exact) mass is 370 g/mol. The second-order valence-electron chi connectivity index (χ2n) is 5.78. The molecular weight excluding hydrogens is 348 g/mol. The van der Waals surface area contributed by atoms with Gasteiger partial charge in [-0.15, -0.1) is 0 Å². The van der Waals surface area contributed by atoms with Crippen molar-refractivity contribution in [3.05, 3.63) is 34.9 Å². The molecule has 1 amide bonds. The van der Waals surface area contributed by atoms with Crippen molar-refractivity contribution in [3.8, 4) is 0 Å². The Morgan fingerprint density at radius 3 is 2.08 bits per heavy atom. The number of carboxylic acid groups (broad SMARTS) is 2. The van der Waals surface area contributed by atoms with E-state index in [0.29, 0.717) is 11.4 Å². The number of carbonyl (C=O) groups is 3. The van der Waals surface area contributed by atoms with Crippen LogP contribution in [0.25, 0.3) is 0 Å². The lowest BCUT2D eigenvalue weighted by Crippen LogP contribution is -2.35. The van der Waals surface area contributed by atoms with Crippen molar-refractivity contribution >= 4 is 29.4 Å². The second-order valence-corrected chi connectivity index (χ2v) is 6.21. The topological polar surface area (TPSA) is 98.2 Å². The molecule has 0 spiro atoms. The first-order chi connectivity index (χ1) is 11.8. The van der Waals surface area contributed by atoms with Crippen LogP contribution in [0.4, 0.5) is 0 Å². The predicted octanol–water partition coefficient (Wildman–Crippen LogP) is 1.59. The number of likely N-dealkylation sites (tertiary alicyclic amines) is 1. The van der Waals surface area contributed by atoms with Crippen LogP contribution in [0.15, 0.2) is 24.3 Å². The van der Waals surface area contributed by atoms with Gasteiger partial charge >= 0.3 is 11.9 Å². The molecule has 0 bridgehead atoms. The number of rotatable bonds is 5. The maximum Gasteiger partial charge on any atom is 0.414 e. The van der Waals surface area contributed by atoms with Gasteiger partial charge in [-0.1, -0.05) is 23.7 Å². The molecule has 0 aromatic heterocycles. The standard InChI is InChI=1S/C15H21ClN2O.C2H2O4/c1-17(10-11-18-8-2-3-9-18)15(19)12-13-4-6-14(16)7-5-13;3-1(4)2(5)6/h4-7H,2-3,8-12H2,1H3;(H,3,4)(H,5,6). The van der Waals surface area contributed by atoms with E-state index in [1.807, 2.05) is 36.2 Å². The molecule has 8 heteroatoms. The van der Waals surface area contributed by atoms with Gasteiger partial charge in [-0.25, -0.2) is 9.59 Å². The van der Waals surface area contributed by atoms with Crippen LogP contribution in [-0.4, -0.2) is 71.1 Å². The first kappa shape index (κ1) is 20.9. The number of nitrogens with zero attached hydrogens (tertiary/aromatic N) is 2. The van der Waals surface area contributed by atoms with E-state index >= 15 is 0 Å². The van der Waals surface area contributed by atoms with E-state index in [1.54, 1.807) is 0 Å². The van der Waals surface area contributed by atoms with E-state index in [2.05, 4.69) is 4.90 Å². The van der Waals surface area contributed by atoms with E-state index in [1.165, 1.54) is 25.9 Å². The highest BCUT2D eigenvalue weighted by Crippen LogP contribution is 2.11. The summed E-state index contributed by atoms with van der Waals surface area (Å²) in [7, 11) is 1.88. The van der Waals surface area contributed by atoms with Gasteiger partial charge in [-0.2, -0.15) is 0 Å².